The number of benzene rings is 2. The van der Waals surface area contributed by atoms with Crippen LogP contribution in [-0.2, 0) is 28.7 Å². The Morgan fingerprint density at radius 1 is 0.625 bits per heavy atom. The summed E-state index contributed by atoms with van der Waals surface area (Å²) in [7, 11) is 0. The SMILES string of the molecule is CC(=O)Nc1ccc(C2=C/C(=C3\C=C(c4ccc(NC(C)=O)cc4)OC3=O)C(=O)O2)cc1. The van der Waals surface area contributed by atoms with Gasteiger partial charge in [-0.15, -0.1) is 0 Å². The molecule has 0 atom stereocenters. The van der Waals surface area contributed by atoms with Gasteiger partial charge >= 0.3 is 11.9 Å². The first-order valence-corrected chi connectivity index (χ1v) is 9.68. The molecule has 32 heavy (non-hydrogen) atoms. The lowest BCUT2D eigenvalue weighted by molar-refractivity contribution is -0.133. The Hall–Kier alpha value is -4.46. The zero-order valence-electron chi connectivity index (χ0n) is 17.2. The van der Waals surface area contributed by atoms with Gasteiger partial charge in [0.1, 0.15) is 11.5 Å². The van der Waals surface area contributed by atoms with E-state index >= 15 is 0 Å². The van der Waals surface area contributed by atoms with Crippen LogP contribution < -0.4 is 10.6 Å². The fourth-order valence-corrected chi connectivity index (χ4v) is 3.25. The van der Waals surface area contributed by atoms with Crippen LogP contribution in [0.3, 0.4) is 0 Å². The summed E-state index contributed by atoms with van der Waals surface area (Å²) in [5, 5.41) is 5.32. The molecular formula is C24H18N2O6. The maximum atomic E-state index is 12.4. The average molecular weight is 430 g/mol. The molecule has 0 aliphatic carbocycles. The quantitative estimate of drug-likeness (QED) is 0.568. The van der Waals surface area contributed by atoms with Crippen molar-refractivity contribution < 1.29 is 28.7 Å². The van der Waals surface area contributed by atoms with E-state index in [1.54, 1.807) is 48.5 Å². The Labute approximate surface area is 183 Å². The van der Waals surface area contributed by atoms with Crippen LogP contribution in [0.25, 0.3) is 11.5 Å². The first-order chi connectivity index (χ1) is 15.3. The second-order valence-corrected chi connectivity index (χ2v) is 7.14. The van der Waals surface area contributed by atoms with E-state index in [1.807, 2.05) is 0 Å². The lowest BCUT2D eigenvalue weighted by Crippen LogP contribution is -2.06. The van der Waals surface area contributed by atoms with Crippen molar-refractivity contribution in [3.8, 4) is 0 Å². The van der Waals surface area contributed by atoms with Gasteiger partial charge in [-0.1, -0.05) is 0 Å². The van der Waals surface area contributed by atoms with Crippen molar-refractivity contribution in [2.75, 3.05) is 10.6 Å². The van der Waals surface area contributed by atoms with E-state index in [0.29, 0.717) is 34.0 Å². The minimum Gasteiger partial charge on any atom is -0.422 e. The molecule has 0 fully saturated rings. The topological polar surface area (TPSA) is 111 Å². The van der Waals surface area contributed by atoms with E-state index in [0.717, 1.165) is 0 Å². The van der Waals surface area contributed by atoms with Crippen LogP contribution in [-0.4, -0.2) is 23.8 Å². The minimum absolute atomic E-state index is 0.0980. The van der Waals surface area contributed by atoms with Crippen molar-refractivity contribution in [2.45, 2.75) is 13.8 Å². The van der Waals surface area contributed by atoms with Crippen LogP contribution in [0.15, 0.2) is 71.8 Å². The van der Waals surface area contributed by atoms with Gasteiger partial charge in [-0.05, 0) is 60.7 Å². The first kappa shape index (κ1) is 20.8. The summed E-state index contributed by atoms with van der Waals surface area (Å²) < 4.78 is 10.7. The number of hydrogen-bond acceptors (Lipinski definition) is 6. The maximum Gasteiger partial charge on any atom is 0.344 e. The number of nitrogens with one attached hydrogen (secondary N) is 2. The molecule has 8 heteroatoms. The Morgan fingerprint density at radius 3 is 1.28 bits per heavy atom. The first-order valence-electron chi connectivity index (χ1n) is 9.68. The Bertz CT molecular complexity index is 1140. The molecule has 2 aromatic rings. The van der Waals surface area contributed by atoms with Crippen molar-refractivity contribution >= 4 is 46.6 Å². The molecule has 0 bridgehead atoms. The third-order valence-corrected chi connectivity index (χ3v) is 4.67. The van der Waals surface area contributed by atoms with Gasteiger partial charge in [-0.3, -0.25) is 9.59 Å². The molecule has 0 unspecified atom stereocenters. The fraction of sp³-hybridized carbons (Fsp3) is 0.0833. The molecule has 2 N–H and O–H groups in total. The lowest BCUT2D eigenvalue weighted by Gasteiger charge is -2.04. The molecule has 0 aromatic heterocycles. The number of carbonyl (C=O) groups excluding carboxylic acids is 4. The summed E-state index contributed by atoms with van der Waals surface area (Å²) in [5.74, 6) is -1.11. The molecule has 0 spiro atoms. The third-order valence-electron chi connectivity index (χ3n) is 4.67. The number of hydrogen-bond donors (Lipinski definition) is 2. The minimum atomic E-state index is -0.656. The summed E-state index contributed by atoms with van der Waals surface area (Å²) >= 11 is 0. The molecule has 2 aliphatic heterocycles. The lowest BCUT2D eigenvalue weighted by atomic mass is 10.1. The molecule has 2 heterocycles. The number of anilines is 2. The molecule has 2 aromatic carbocycles. The van der Waals surface area contributed by atoms with Gasteiger partial charge in [0, 0.05) is 36.3 Å². The molecule has 8 nitrogen and oxygen atoms in total. The normalized spacial score (nSPS) is 17.3. The van der Waals surface area contributed by atoms with Gasteiger partial charge in [0.2, 0.25) is 11.8 Å². The van der Waals surface area contributed by atoms with Crippen LogP contribution in [0, 0.1) is 0 Å². The second-order valence-electron chi connectivity index (χ2n) is 7.14. The monoisotopic (exact) mass is 430 g/mol. The van der Waals surface area contributed by atoms with Gasteiger partial charge in [-0.25, -0.2) is 9.59 Å². The number of rotatable bonds is 4. The van der Waals surface area contributed by atoms with Crippen molar-refractivity contribution in [3.63, 3.8) is 0 Å². The van der Waals surface area contributed by atoms with Crippen LogP contribution >= 0.6 is 0 Å². The number of amides is 2. The number of esters is 2. The van der Waals surface area contributed by atoms with Crippen molar-refractivity contribution in [2.24, 2.45) is 0 Å². The predicted molar refractivity (Wildman–Crippen MR) is 117 cm³/mol. The largest absolute Gasteiger partial charge is 0.422 e. The Kier molecular flexibility index (Phi) is 5.43. The molecule has 4 rings (SSSR count). The van der Waals surface area contributed by atoms with Crippen LogP contribution in [0.4, 0.5) is 11.4 Å². The highest BCUT2D eigenvalue weighted by Gasteiger charge is 2.32. The van der Waals surface area contributed by atoms with Crippen molar-refractivity contribution in [3.05, 3.63) is 83.0 Å². The molecule has 0 radical (unpaired) electrons. The maximum absolute atomic E-state index is 12.4. The summed E-state index contributed by atoms with van der Waals surface area (Å²) in [5.41, 5.74) is 2.66. The number of ether oxygens (including phenoxy) is 2. The van der Waals surface area contributed by atoms with E-state index in [1.165, 1.54) is 26.0 Å². The van der Waals surface area contributed by atoms with Crippen molar-refractivity contribution in [1.29, 1.82) is 0 Å². The fourth-order valence-electron chi connectivity index (χ4n) is 3.25. The highest BCUT2D eigenvalue weighted by molar-refractivity contribution is 6.12. The zero-order chi connectivity index (χ0) is 22.8. The van der Waals surface area contributed by atoms with Crippen molar-refractivity contribution in [1.82, 2.24) is 0 Å². The van der Waals surface area contributed by atoms with Crippen LogP contribution in [0.1, 0.15) is 25.0 Å². The zero-order valence-corrected chi connectivity index (χ0v) is 17.2. The summed E-state index contributed by atoms with van der Waals surface area (Å²) in [6.07, 6.45) is 2.98. The molecule has 0 saturated carbocycles. The highest BCUT2D eigenvalue weighted by atomic mass is 16.5. The van der Waals surface area contributed by atoms with E-state index in [9.17, 15) is 19.2 Å². The molecule has 160 valence electrons. The van der Waals surface area contributed by atoms with Gasteiger partial charge in [-0.2, -0.15) is 0 Å². The number of cyclic esters (lactones) is 2. The van der Waals surface area contributed by atoms with Gasteiger partial charge in [0.25, 0.3) is 0 Å². The highest BCUT2D eigenvalue weighted by Crippen LogP contribution is 2.34. The molecule has 2 amide bonds. The average Bonchev–Trinajstić information content (AvgIpc) is 3.30. The molecule has 0 saturated heterocycles. The number of carbonyl (C=O) groups is 4. The van der Waals surface area contributed by atoms with E-state index < -0.39 is 11.9 Å². The van der Waals surface area contributed by atoms with Gasteiger partial charge in [0.05, 0.1) is 11.1 Å². The molecule has 2 aliphatic rings. The third kappa shape index (κ3) is 4.34. The Morgan fingerprint density at radius 2 is 0.969 bits per heavy atom. The van der Waals surface area contributed by atoms with Gasteiger partial charge < -0.3 is 20.1 Å². The predicted octanol–water partition coefficient (Wildman–Crippen LogP) is 3.40. The summed E-state index contributed by atoms with van der Waals surface area (Å²) in [6, 6.07) is 13.5. The Balaban J connectivity index is 1.60. The van der Waals surface area contributed by atoms with Crippen LogP contribution in [0.5, 0.6) is 0 Å². The van der Waals surface area contributed by atoms with Gasteiger partial charge in [0.15, 0.2) is 0 Å². The molecular weight excluding hydrogens is 412 g/mol. The summed E-state index contributed by atoms with van der Waals surface area (Å²) in [4.78, 5) is 47.1. The van der Waals surface area contributed by atoms with E-state index in [2.05, 4.69) is 10.6 Å². The second kappa shape index (κ2) is 8.35. The summed E-state index contributed by atoms with van der Waals surface area (Å²) in [6.45, 7) is 2.82. The smallest absolute Gasteiger partial charge is 0.344 e. The van der Waals surface area contributed by atoms with E-state index in [-0.39, 0.29) is 23.0 Å². The van der Waals surface area contributed by atoms with E-state index in [4.69, 9.17) is 9.47 Å². The standard InChI is InChI=1S/C24H18N2O6/c1-13(27)25-17-7-3-15(4-8-17)21-11-19(23(29)31-21)20-12-22(32-24(20)30)16-5-9-18(10-6-16)26-14(2)28/h3-12H,1-2H3,(H,25,27)(H,26,28)/b20-19-. The van der Waals surface area contributed by atoms with Crippen LogP contribution in [0.2, 0.25) is 0 Å².